The van der Waals surface area contributed by atoms with Crippen molar-refractivity contribution >= 4 is 10.9 Å². The minimum Gasteiger partial charge on any atom is -0.506 e. The zero-order valence-corrected chi connectivity index (χ0v) is 11.8. The number of para-hydroxylation sites is 1. The first-order valence-electron chi connectivity index (χ1n) is 6.90. The van der Waals surface area contributed by atoms with Gasteiger partial charge in [0.05, 0.1) is 5.39 Å². The number of phenols is 1. The predicted octanol–water partition coefficient (Wildman–Crippen LogP) is 2.65. The molecule has 3 aromatic rings. The van der Waals surface area contributed by atoms with Crippen LogP contribution in [0.3, 0.4) is 0 Å². The minimum absolute atomic E-state index is 0.0444. The number of benzene rings is 2. The Labute approximate surface area is 122 Å². The smallest absolute Gasteiger partial charge is 0.261 e. The van der Waals surface area contributed by atoms with Crippen LogP contribution >= 0.6 is 0 Å². The standard InChI is InChI=1S/C17H16N2O2/c1-12-18-16-14(8-5-9-15(16)20)17(21)19(12)11-10-13-6-3-2-4-7-13/h2-9,20H,10-11H2,1H3. The molecule has 0 saturated carbocycles. The molecule has 0 aliphatic rings. The van der Waals surface area contributed by atoms with Crippen molar-refractivity contribution in [3.63, 3.8) is 0 Å². The summed E-state index contributed by atoms with van der Waals surface area (Å²) in [6, 6.07) is 14.9. The van der Waals surface area contributed by atoms with Crippen LogP contribution in [0, 0.1) is 6.92 Å². The van der Waals surface area contributed by atoms with Crippen molar-refractivity contribution in [1.82, 2.24) is 9.55 Å². The summed E-state index contributed by atoms with van der Waals surface area (Å²) in [6.45, 7) is 2.37. The van der Waals surface area contributed by atoms with Gasteiger partial charge in [-0.15, -0.1) is 0 Å². The van der Waals surface area contributed by atoms with Gasteiger partial charge in [-0.25, -0.2) is 4.98 Å². The normalized spacial score (nSPS) is 10.9. The molecule has 0 aliphatic heterocycles. The van der Waals surface area contributed by atoms with E-state index in [1.54, 1.807) is 29.7 Å². The van der Waals surface area contributed by atoms with Crippen molar-refractivity contribution < 1.29 is 5.11 Å². The average molecular weight is 280 g/mol. The van der Waals surface area contributed by atoms with Crippen LogP contribution in [0.25, 0.3) is 10.9 Å². The highest BCUT2D eigenvalue weighted by Gasteiger charge is 2.10. The number of rotatable bonds is 3. The fourth-order valence-electron chi connectivity index (χ4n) is 2.48. The molecule has 2 aromatic carbocycles. The maximum absolute atomic E-state index is 12.5. The van der Waals surface area contributed by atoms with Crippen molar-refractivity contribution in [2.24, 2.45) is 0 Å². The SMILES string of the molecule is Cc1nc2c(O)cccc2c(=O)n1CCc1ccccc1. The second kappa shape index (κ2) is 5.40. The molecule has 0 saturated heterocycles. The van der Waals surface area contributed by atoms with E-state index < -0.39 is 0 Å². The molecule has 0 unspecified atom stereocenters. The Morgan fingerprint density at radius 1 is 1.10 bits per heavy atom. The maximum atomic E-state index is 12.5. The van der Waals surface area contributed by atoms with Gasteiger partial charge in [0.1, 0.15) is 17.1 Å². The van der Waals surface area contributed by atoms with E-state index in [-0.39, 0.29) is 11.3 Å². The molecule has 1 aromatic heterocycles. The molecule has 1 N–H and O–H groups in total. The van der Waals surface area contributed by atoms with Gasteiger partial charge in [-0.05, 0) is 31.0 Å². The first-order chi connectivity index (χ1) is 10.2. The second-order valence-electron chi connectivity index (χ2n) is 5.02. The molecule has 0 radical (unpaired) electrons. The van der Waals surface area contributed by atoms with Crippen LogP contribution < -0.4 is 5.56 Å². The lowest BCUT2D eigenvalue weighted by molar-refractivity contribution is 0.479. The van der Waals surface area contributed by atoms with Crippen LogP contribution in [0.5, 0.6) is 5.75 Å². The summed E-state index contributed by atoms with van der Waals surface area (Å²) in [5, 5.41) is 10.3. The van der Waals surface area contributed by atoms with Crippen LogP contribution in [0.4, 0.5) is 0 Å². The van der Waals surface area contributed by atoms with Crippen molar-refractivity contribution in [2.45, 2.75) is 19.9 Å². The molecule has 106 valence electrons. The van der Waals surface area contributed by atoms with E-state index in [2.05, 4.69) is 4.98 Å². The molecule has 0 atom stereocenters. The zero-order chi connectivity index (χ0) is 14.8. The van der Waals surface area contributed by atoms with Crippen LogP contribution in [-0.2, 0) is 13.0 Å². The number of aromatic nitrogens is 2. The van der Waals surface area contributed by atoms with E-state index in [0.717, 1.165) is 6.42 Å². The van der Waals surface area contributed by atoms with Crippen molar-refractivity contribution in [3.8, 4) is 5.75 Å². The lowest BCUT2D eigenvalue weighted by Crippen LogP contribution is -2.24. The molecule has 3 rings (SSSR count). The molecule has 21 heavy (non-hydrogen) atoms. The van der Waals surface area contributed by atoms with E-state index in [9.17, 15) is 9.90 Å². The van der Waals surface area contributed by atoms with Crippen molar-refractivity contribution in [3.05, 3.63) is 70.3 Å². The first-order valence-corrected chi connectivity index (χ1v) is 6.90. The van der Waals surface area contributed by atoms with Gasteiger partial charge in [-0.3, -0.25) is 9.36 Å². The molecule has 0 spiro atoms. The number of aryl methyl sites for hydroxylation is 2. The first kappa shape index (κ1) is 13.4. The fourth-order valence-corrected chi connectivity index (χ4v) is 2.48. The highest BCUT2D eigenvalue weighted by atomic mass is 16.3. The maximum Gasteiger partial charge on any atom is 0.261 e. The Morgan fingerprint density at radius 3 is 2.62 bits per heavy atom. The monoisotopic (exact) mass is 280 g/mol. The zero-order valence-electron chi connectivity index (χ0n) is 11.8. The predicted molar refractivity (Wildman–Crippen MR) is 82.6 cm³/mol. The van der Waals surface area contributed by atoms with Gasteiger partial charge >= 0.3 is 0 Å². The van der Waals surface area contributed by atoms with E-state index in [1.165, 1.54) is 5.56 Å². The van der Waals surface area contributed by atoms with Gasteiger partial charge in [0.15, 0.2) is 0 Å². The van der Waals surface area contributed by atoms with Gasteiger partial charge in [-0.1, -0.05) is 36.4 Å². The summed E-state index contributed by atoms with van der Waals surface area (Å²) >= 11 is 0. The molecular formula is C17H16N2O2. The van der Waals surface area contributed by atoms with Crippen LogP contribution in [0.2, 0.25) is 0 Å². The number of aromatic hydroxyl groups is 1. The summed E-state index contributed by atoms with van der Waals surface area (Å²) < 4.78 is 1.66. The van der Waals surface area contributed by atoms with Crippen molar-refractivity contribution in [2.75, 3.05) is 0 Å². The lowest BCUT2D eigenvalue weighted by Gasteiger charge is -2.11. The summed E-state index contributed by atoms with van der Waals surface area (Å²) in [5.74, 6) is 0.660. The molecule has 1 heterocycles. The molecule has 0 fully saturated rings. The highest BCUT2D eigenvalue weighted by molar-refractivity contribution is 5.83. The molecule has 0 amide bonds. The number of phenolic OH excluding ortho intramolecular Hbond substituents is 1. The number of hydrogen-bond donors (Lipinski definition) is 1. The topological polar surface area (TPSA) is 55.1 Å². The molecule has 0 aliphatic carbocycles. The van der Waals surface area contributed by atoms with E-state index in [4.69, 9.17) is 0 Å². The Bertz CT molecular complexity index is 839. The molecular weight excluding hydrogens is 264 g/mol. The van der Waals surface area contributed by atoms with Gasteiger partial charge in [-0.2, -0.15) is 0 Å². The molecule has 4 heteroatoms. The third-order valence-electron chi connectivity index (χ3n) is 3.62. The van der Waals surface area contributed by atoms with Crippen LogP contribution in [-0.4, -0.2) is 14.7 Å². The van der Waals surface area contributed by atoms with Crippen molar-refractivity contribution in [1.29, 1.82) is 0 Å². The third-order valence-corrected chi connectivity index (χ3v) is 3.62. The Kier molecular flexibility index (Phi) is 3.44. The largest absolute Gasteiger partial charge is 0.506 e. The van der Waals surface area contributed by atoms with Gasteiger partial charge in [0.2, 0.25) is 0 Å². The number of nitrogens with zero attached hydrogens (tertiary/aromatic N) is 2. The van der Waals surface area contributed by atoms with Gasteiger partial charge < -0.3 is 5.11 Å². The Morgan fingerprint density at radius 2 is 1.86 bits per heavy atom. The number of hydrogen-bond acceptors (Lipinski definition) is 3. The summed E-state index contributed by atoms with van der Waals surface area (Å²) in [7, 11) is 0. The summed E-state index contributed by atoms with van der Waals surface area (Å²) in [5.41, 5.74) is 1.44. The summed E-state index contributed by atoms with van der Waals surface area (Å²) in [6.07, 6.45) is 0.771. The second-order valence-corrected chi connectivity index (χ2v) is 5.02. The van der Waals surface area contributed by atoms with Crippen LogP contribution in [0.15, 0.2) is 53.3 Å². The van der Waals surface area contributed by atoms with Gasteiger partial charge in [0.25, 0.3) is 5.56 Å². The lowest BCUT2D eigenvalue weighted by atomic mass is 10.1. The highest BCUT2D eigenvalue weighted by Crippen LogP contribution is 2.19. The molecule has 0 bridgehead atoms. The van der Waals surface area contributed by atoms with Crippen LogP contribution in [0.1, 0.15) is 11.4 Å². The number of fused-ring (bicyclic) bond motifs is 1. The van der Waals surface area contributed by atoms with E-state index >= 15 is 0 Å². The Balaban J connectivity index is 2.01. The Hall–Kier alpha value is -2.62. The fraction of sp³-hybridized carbons (Fsp3) is 0.176. The average Bonchev–Trinajstić information content (AvgIpc) is 2.49. The molecule has 4 nitrogen and oxygen atoms in total. The third kappa shape index (κ3) is 2.52. The quantitative estimate of drug-likeness (QED) is 0.802. The van der Waals surface area contributed by atoms with E-state index in [0.29, 0.717) is 23.3 Å². The minimum atomic E-state index is -0.107. The van der Waals surface area contributed by atoms with Gasteiger partial charge in [0, 0.05) is 6.54 Å². The summed E-state index contributed by atoms with van der Waals surface area (Å²) in [4.78, 5) is 16.9. The van der Waals surface area contributed by atoms with E-state index in [1.807, 2.05) is 30.3 Å².